The van der Waals surface area contributed by atoms with Crippen molar-refractivity contribution in [3.05, 3.63) is 5.82 Å². The first-order valence-corrected chi connectivity index (χ1v) is 8.81. The standard InChI is InChI=1S/C15H28N6O/c1-3-5-14(20-9-7-19(2)8-10-20)15-16-17-18-21(15)12-13-6-4-11-22-13/h13-14H,3-12H2,1-2H3/p+2/t13-,14+/m1/s1. The van der Waals surface area contributed by atoms with Crippen LogP contribution in [0.4, 0.5) is 0 Å². The fraction of sp³-hybridized carbons (Fsp3) is 0.933. The number of tetrazole rings is 1. The molecule has 2 N–H and O–H groups in total. The van der Waals surface area contributed by atoms with Crippen LogP contribution >= 0.6 is 0 Å². The number of nitrogens with zero attached hydrogens (tertiary/aromatic N) is 4. The van der Waals surface area contributed by atoms with Crippen LogP contribution in [0.2, 0.25) is 0 Å². The summed E-state index contributed by atoms with van der Waals surface area (Å²) in [5, 5.41) is 12.6. The Morgan fingerprint density at radius 3 is 2.82 bits per heavy atom. The molecule has 3 rings (SSSR count). The summed E-state index contributed by atoms with van der Waals surface area (Å²) in [4.78, 5) is 3.29. The van der Waals surface area contributed by atoms with E-state index in [0.29, 0.717) is 6.04 Å². The fourth-order valence-corrected chi connectivity index (χ4v) is 3.72. The molecule has 1 aromatic heterocycles. The van der Waals surface area contributed by atoms with E-state index >= 15 is 0 Å². The van der Waals surface area contributed by atoms with Gasteiger partial charge in [0, 0.05) is 13.0 Å². The first kappa shape index (κ1) is 15.8. The Balaban J connectivity index is 1.72. The maximum atomic E-state index is 5.75. The van der Waals surface area contributed by atoms with Crippen LogP contribution in [0.15, 0.2) is 0 Å². The molecule has 22 heavy (non-hydrogen) atoms. The lowest BCUT2D eigenvalue weighted by atomic mass is 10.1. The van der Waals surface area contributed by atoms with Gasteiger partial charge in [0.15, 0.2) is 0 Å². The van der Waals surface area contributed by atoms with Gasteiger partial charge in [-0.05, 0) is 23.3 Å². The smallest absolute Gasteiger partial charge is 0.209 e. The van der Waals surface area contributed by atoms with Gasteiger partial charge in [0.2, 0.25) is 5.82 Å². The van der Waals surface area contributed by atoms with Gasteiger partial charge in [0.25, 0.3) is 0 Å². The highest BCUT2D eigenvalue weighted by atomic mass is 16.5. The molecule has 0 aliphatic carbocycles. The Bertz CT molecular complexity index is 451. The number of aromatic nitrogens is 4. The van der Waals surface area contributed by atoms with Crippen molar-refractivity contribution in [3.63, 3.8) is 0 Å². The Labute approximate surface area is 132 Å². The highest BCUT2D eigenvalue weighted by Crippen LogP contribution is 2.17. The molecule has 2 atom stereocenters. The van der Waals surface area contributed by atoms with Crippen LogP contribution in [-0.4, -0.2) is 66.1 Å². The van der Waals surface area contributed by atoms with Crippen molar-refractivity contribution < 1.29 is 14.5 Å². The molecule has 7 heteroatoms. The van der Waals surface area contributed by atoms with Crippen LogP contribution in [0.1, 0.15) is 44.5 Å². The van der Waals surface area contributed by atoms with E-state index in [1.807, 2.05) is 4.68 Å². The van der Waals surface area contributed by atoms with Crippen molar-refractivity contribution in [1.29, 1.82) is 0 Å². The van der Waals surface area contributed by atoms with E-state index in [2.05, 4.69) is 29.5 Å². The minimum Gasteiger partial charge on any atom is -0.376 e. The van der Waals surface area contributed by atoms with Crippen molar-refractivity contribution in [2.45, 2.75) is 51.3 Å². The van der Waals surface area contributed by atoms with E-state index in [-0.39, 0.29) is 6.10 Å². The molecular weight excluding hydrogens is 280 g/mol. The lowest BCUT2D eigenvalue weighted by molar-refractivity contribution is -1.02. The highest BCUT2D eigenvalue weighted by Gasteiger charge is 2.33. The zero-order valence-corrected chi connectivity index (χ0v) is 13.9. The van der Waals surface area contributed by atoms with E-state index < -0.39 is 0 Å². The molecule has 124 valence electrons. The summed E-state index contributed by atoms with van der Waals surface area (Å²) in [7, 11) is 2.28. The van der Waals surface area contributed by atoms with Crippen LogP contribution in [0.25, 0.3) is 0 Å². The molecule has 0 amide bonds. The monoisotopic (exact) mass is 310 g/mol. The number of ether oxygens (including phenoxy) is 1. The quantitative estimate of drug-likeness (QED) is 0.645. The Kier molecular flexibility index (Phi) is 5.38. The SMILES string of the molecule is CCC[C@@H](c1nnnn1C[C@H]1CCCO1)[NH+]1CC[NH+](C)CC1. The molecule has 0 radical (unpaired) electrons. The first-order chi connectivity index (χ1) is 10.8. The predicted octanol–water partition coefficient (Wildman–Crippen LogP) is -1.89. The average Bonchev–Trinajstić information content (AvgIpc) is 3.18. The van der Waals surface area contributed by atoms with Crippen LogP contribution in [-0.2, 0) is 11.3 Å². The molecule has 0 bridgehead atoms. The molecule has 1 aromatic rings. The van der Waals surface area contributed by atoms with Gasteiger partial charge in [0.1, 0.15) is 32.2 Å². The molecule has 2 saturated heterocycles. The fourth-order valence-electron chi connectivity index (χ4n) is 3.72. The van der Waals surface area contributed by atoms with Gasteiger partial charge in [-0.25, -0.2) is 4.68 Å². The largest absolute Gasteiger partial charge is 0.376 e. The lowest BCUT2D eigenvalue weighted by Gasteiger charge is -2.32. The number of rotatable bonds is 6. The topological polar surface area (TPSA) is 61.7 Å². The summed E-state index contributed by atoms with van der Waals surface area (Å²) in [6, 6.07) is 0.425. The van der Waals surface area contributed by atoms with Crippen molar-refractivity contribution in [1.82, 2.24) is 20.2 Å². The Hall–Kier alpha value is -1.05. The van der Waals surface area contributed by atoms with Crippen molar-refractivity contribution in [2.75, 3.05) is 39.8 Å². The van der Waals surface area contributed by atoms with E-state index in [0.717, 1.165) is 38.2 Å². The summed E-state index contributed by atoms with van der Waals surface area (Å²) < 4.78 is 7.76. The Morgan fingerprint density at radius 2 is 2.14 bits per heavy atom. The van der Waals surface area contributed by atoms with Crippen LogP contribution in [0.3, 0.4) is 0 Å². The van der Waals surface area contributed by atoms with Crippen molar-refractivity contribution >= 4 is 0 Å². The second-order valence-electron chi connectivity index (χ2n) is 6.81. The molecule has 0 spiro atoms. The summed E-state index contributed by atoms with van der Waals surface area (Å²) >= 11 is 0. The molecule has 3 heterocycles. The van der Waals surface area contributed by atoms with Crippen molar-refractivity contribution in [2.24, 2.45) is 0 Å². The summed E-state index contributed by atoms with van der Waals surface area (Å²) in [6.07, 6.45) is 4.90. The normalized spacial score (nSPS) is 30.5. The molecule has 7 nitrogen and oxygen atoms in total. The number of hydrogen-bond donors (Lipinski definition) is 2. The van der Waals surface area contributed by atoms with Gasteiger partial charge in [-0.3, -0.25) is 0 Å². The van der Waals surface area contributed by atoms with Gasteiger partial charge in [0.05, 0.1) is 19.7 Å². The van der Waals surface area contributed by atoms with Crippen LogP contribution in [0, 0.1) is 0 Å². The van der Waals surface area contributed by atoms with Gasteiger partial charge in [-0.15, -0.1) is 5.10 Å². The number of hydrogen-bond acceptors (Lipinski definition) is 4. The average molecular weight is 310 g/mol. The second-order valence-corrected chi connectivity index (χ2v) is 6.81. The molecule has 0 unspecified atom stereocenters. The number of quaternary nitrogens is 2. The second kappa shape index (κ2) is 7.48. The zero-order chi connectivity index (χ0) is 15.4. The third-order valence-corrected chi connectivity index (χ3v) is 5.09. The summed E-state index contributed by atoms with van der Waals surface area (Å²) in [5.41, 5.74) is 0. The van der Waals surface area contributed by atoms with E-state index in [9.17, 15) is 0 Å². The highest BCUT2D eigenvalue weighted by molar-refractivity contribution is 4.88. The maximum absolute atomic E-state index is 5.75. The van der Waals surface area contributed by atoms with Gasteiger partial charge in [-0.2, -0.15) is 0 Å². The number of nitrogens with one attached hydrogen (secondary N) is 2. The van der Waals surface area contributed by atoms with E-state index in [4.69, 9.17) is 4.74 Å². The third-order valence-electron chi connectivity index (χ3n) is 5.09. The minimum atomic E-state index is 0.288. The maximum Gasteiger partial charge on any atom is 0.209 e. The molecular formula is C15H30N6O+2. The van der Waals surface area contributed by atoms with Gasteiger partial charge < -0.3 is 14.5 Å². The van der Waals surface area contributed by atoms with E-state index in [1.54, 1.807) is 9.80 Å². The summed E-state index contributed by atoms with van der Waals surface area (Å²) in [6.45, 7) is 8.84. The molecule has 2 fully saturated rings. The van der Waals surface area contributed by atoms with Crippen LogP contribution < -0.4 is 9.80 Å². The number of likely N-dealkylation sites (N-methyl/N-ethyl adjacent to an activating group) is 1. The van der Waals surface area contributed by atoms with Crippen molar-refractivity contribution in [3.8, 4) is 0 Å². The third kappa shape index (κ3) is 3.64. The zero-order valence-electron chi connectivity index (χ0n) is 13.9. The Morgan fingerprint density at radius 1 is 1.32 bits per heavy atom. The summed E-state index contributed by atoms with van der Waals surface area (Å²) in [5.74, 6) is 1.06. The lowest BCUT2D eigenvalue weighted by Crippen LogP contribution is -3.27. The van der Waals surface area contributed by atoms with E-state index in [1.165, 1.54) is 32.6 Å². The van der Waals surface area contributed by atoms with Gasteiger partial charge in [-0.1, -0.05) is 13.3 Å². The molecule has 0 saturated carbocycles. The van der Waals surface area contributed by atoms with Gasteiger partial charge >= 0.3 is 0 Å². The molecule has 2 aliphatic heterocycles. The minimum absolute atomic E-state index is 0.288. The predicted molar refractivity (Wildman–Crippen MR) is 81.8 cm³/mol. The first-order valence-electron chi connectivity index (χ1n) is 8.81. The molecule has 2 aliphatic rings. The van der Waals surface area contributed by atoms with Crippen LogP contribution in [0.5, 0.6) is 0 Å². The number of piperazine rings is 1. The molecule has 0 aromatic carbocycles.